The van der Waals surface area contributed by atoms with Gasteiger partial charge in [0.15, 0.2) is 0 Å². The first-order valence-corrected chi connectivity index (χ1v) is 8.25. The van der Waals surface area contributed by atoms with E-state index < -0.39 is 0 Å². The van der Waals surface area contributed by atoms with Gasteiger partial charge in [0.05, 0.1) is 6.04 Å². The van der Waals surface area contributed by atoms with E-state index in [0.717, 1.165) is 17.9 Å². The lowest BCUT2D eigenvalue weighted by Gasteiger charge is -2.25. The molecule has 1 fully saturated rings. The van der Waals surface area contributed by atoms with Gasteiger partial charge in [0.25, 0.3) is 0 Å². The van der Waals surface area contributed by atoms with Gasteiger partial charge < -0.3 is 10.2 Å². The molecule has 1 atom stereocenters. The van der Waals surface area contributed by atoms with Gasteiger partial charge in [-0.2, -0.15) is 0 Å². The molecule has 0 aliphatic heterocycles. The third-order valence-electron chi connectivity index (χ3n) is 4.60. The van der Waals surface area contributed by atoms with Crippen LogP contribution in [0.1, 0.15) is 50.1 Å². The molecule has 0 spiro atoms. The molecule has 1 N–H and O–H groups in total. The van der Waals surface area contributed by atoms with E-state index in [4.69, 9.17) is 0 Å². The van der Waals surface area contributed by atoms with Crippen molar-refractivity contribution in [2.24, 2.45) is 5.92 Å². The Morgan fingerprint density at radius 3 is 2.73 bits per heavy atom. The Hall–Kier alpha value is -1.42. The summed E-state index contributed by atoms with van der Waals surface area (Å²) in [5, 5.41) is 3.00. The van der Waals surface area contributed by atoms with E-state index in [1.54, 1.807) is 6.07 Å². The van der Waals surface area contributed by atoms with Crippen LogP contribution in [0.25, 0.3) is 0 Å². The molecule has 0 aromatic heterocycles. The average molecular weight is 306 g/mol. The fraction of sp³-hybridized carbons (Fsp3) is 0.611. The lowest BCUT2D eigenvalue weighted by atomic mass is 10.0. The molecule has 0 radical (unpaired) electrons. The zero-order valence-corrected chi connectivity index (χ0v) is 13.6. The molecule has 4 heteroatoms. The number of hydrogen-bond donors (Lipinski definition) is 1. The number of benzene rings is 1. The van der Waals surface area contributed by atoms with Gasteiger partial charge in [0.1, 0.15) is 5.82 Å². The van der Waals surface area contributed by atoms with Crippen LogP contribution in [-0.4, -0.2) is 31.4 Å². The number of carbonyl (C=O) groups excluding carboxylic acids is 1. The minimum Gasteiger partial charge on any atom is -0.354 e. The second-order valence-corrected chi connectivity index (χ2v) is 6.53. The van der Waals surface area contributed by atoms with Crippen LogP contribution < -0.4 is 5.32 Å². The first-order valence-electron chi connectivity index (χ1n) is 8.25. The van der Waals surface area contributed by atoms with Crippen molar-refractivity contribution in [1.29, 1.82) is 0 Å². The van der Waals surface area contributed by atoms with Crippen LogP contribution >= 0.6 is 0 Å². The van der Waals surface area contributed by atoms with Crippen molar-refractivity contribution in [1.82, 2.24) is 10.2 Å². The van der Waals surface area contributed by atoms with Gasteiger partial charge in [0.2, 0.25) is 5.91 Å². The maximum absolute atomic E-state index is 13.4. The summed E-state index contributed by atoms with van der Waals surface area (Å²) < 4.78 is 13.4. The summed E-state index contributed by atoms with van der Waals surface area (Å²) in [5.74, 6) is 0.602. The van der Waals surface area contributed by atoms with Gasteiger partial charge >= 0.3 is 0 Å². The molecule has 1 saturated carbocycles. The summed E-state index contributed by atoms with van der Waals surface area (Å²) in [7, 11) is 3.89. The van der Waals surface area contributed by atoms with E-state index in [9.17, 15) is 9.18 Å². The van der Waals surface area contributed by atoms with Gasteiger partial charge in [-0.3, -0.25) is 4.79 Å². The molecule has 122 valence electrons. The predicted octanol–water partition coefficient (Wildman–Crippen LogP) is 3.52. The highest BCUT2D eigenvalue weighted by atomic mass is 19.1. The van der Waals surface area contributed by atoms with Crippen LogP contribution in [0.3, 0.4) is 0 Å². The molecule has 0 saturated heterocycles. The van der Waals surface area contributed by atoms with E-state index in [1.807, 2.05) is 25.1 Å². The third-order valence-corrected chi connectivity index (χ3v) is 4.60. The Morgan fingerprint density at radius 2 is 2.09 bits per heavy atom. The maximum Gasteiger partial charge on any atom is 0.220 e. The molecule has 1 aromatic carbocycles. The largest absolute Gasteiger partial charge is 0.354 e. The fourth-order valence-corrected chi connectivity index (χ4v) is 3.25. The van der Waals surface area contributed by atoms with Gasteiger partial charge in [-0.1, -0.05) is 37.8 Å². The number of amides is 1. The van der Waals surface area contributed by atoms with E-state index >= 15 is 0 Å². The topological polar surface area (TPSA) is 32.3 Å². The maximum atomic E-state index is 13.4. The number of nitrogens with one attached hydrogen (secondary N) is 1. The van der Waals surface area contributed by atoms with Crippen LogP contribution in [-0.2, 0) is 4.79 Å². The number of rotatable bonds is 7. The summed E-state index contributed by atoms with van der Waals surface area (Å²) >= 11 is 0. The highest BCUT2D eigenvalue weighted by molar-refractivity contribution is 5.75. The van der Waals surface area contributed by atoms with E-state index in [0.29, 0.717) is 13.0 Å². The molecule has 1 aromatic rings. The van der Waals surface area contributed by atoms with Crippen molar-refractivity contribution in [3.8, 4) is 0 Å². The highest BCUT2D eigenvalue weighted by Crippen LogP contribution is 2.28. The zero-order valence-electron chi connectivity index (χ0n) is 13.6. The van der Waals surface area contributed by atoms with Crippen LogP contribution in [0.2, 0.25) is 0 Å². The first-order chi connectivity index (χ1) is 10.6. The number of halogens is 1. The molecule has 3 nitrogen and oxygen atoms in total. The molecule has 1 amide bonds. The summed E-state index contributed by atoms with van der Waals surface area (Å²) in [6, 6.07) is 6.58. The molecule has 22 heavy (non-hydrogen) atoms. The summed E-state index contributed by atoms with van der Waals surface area (Å²) in [6.07, 6.45) is 6.78. The van der Waals surface area contributed by atoms with E-state index in [1.165, 1.54) is 37.8 Å². The van der Waals surface area contributed by atoms with Crippen molar-refractivity contribution in [2.75, 3.05) is 20.6 Å². The molecule has 1 aliphatic rings. The number of likely N-dealkylation sites (N-methyl/N-ethyl adjacent to an activating group) is 1. The van der Waals surface area contributed by atoms with Gasteiger partial charge in [-0.15, -0.1) is 0 Å². The van der Waals surface area contributed by atoms with E-state index in [2.05, 4.69) is 5.32 Å². The Bertz CT molecular complexity index is 484. The molecule has 1 aliphatic carbocycles. The smallest absolute Gasteiger partial charge is 0.220 e. The Kier molecular flexibility index (Phi) is 6.37. The Labute approximate surface area is 132 Å². The van der Waals surface area contributed by atoms with Crippen molar-refractivity contribution in [3.63, 3.8) is 0 Å². The van der Waals surface area contributed by atoms with Crippen molar-refractivity contribution in [2.45, 2.75) is 44.6 Å². The van der Waals surface area contributed by atoms with Crippen LogP contribution in [0.15, 0.2) is 24.3 Å². The van der Waals surface area contributed by atoms with Crippen molar-refractivity contribution in [3.05, 3.63) is 35.6 Å². The van der Waals surface area contributed by atoms with Gasteiger partial charge in [-0.05, 0) is 44.1 Å². The Balaban J connectivity index is 1.82. The fourth-order valence-electron chi connectivity index (χ4n) is 3.25. The standard InChI is InChI=1S/C18H27FN2O/c1-21(2)17(15-8-5-9-16(19)12-15)13-20-18(22)11-10-14-6-3-4-7-14/h5,8-9,12,14,17H,3-4,6-7,10-11,13H2,1-2H3,(H,20,22). The lowest BCUT2D eigenvalue weighted by molar-refractivity contribution is -0.121. The van der Waals surface area contributed by atoms with Crippen molar-refractivity contribution < 1.29 is 9.18 Å². The van der Waals surface area contributed by atoms with Crippen LogP contribution in [0, 0.1) is 11.7 Å². The summed E-state index contributed by atoms with van der Waals surface area (Å²) in [5.41, 5.74) is 0.890. The number of hydrogen-bond acceptors (Lipinski definition) is 2. The molecular formula is C18H27FN2O. The van der Waals surface area contributed by atoms with Gasteiger partial charge in [0, 0.05) is 13.0 Å². The molecule has 1 unspecified atom stereocenters. The Morgan fingerprint density at radius 1 is 1.36 bits per heavy atom. The molecule has 0 heterocycles. The molecule has 0 bridgehead atoms. The van der Waals surface area contributed by atoms with E-state index in [-0.39, 0.29) is 17.8 Å². The number of carbonyl (C=O) groups is 1. The molecule has 2 rings (SSSR count). The van der Waals surface area contributed by atoms with Crippen LogP contribution in [0.4, 0.5) is 4.39 Å². The second kappa shape index (κ2) is 8.28. The highest BCUT2D eigenvalue weighted by Gasteiger charge is 2.18. The minimum absolute atomic E-state index is 0.00821. The third kappa shape index (κ3) is 5.09. The lowest BCUT2D eigenvalue weighted by Crippen LogP contribution is -2.34. The average Bonchev–Trinajstić information content (AvgIpc) is 2.98. The first kappa shape index (κ1) is 16.9. The van der Waals surface area contributed by atoms with Crippen LogP contribution in [0.5, 0.6) is 0 Å². The quantitative estimate of drug-likeness (QED) is 0.836. The minimum atomic E-state index is -0.239. The second-order valence-electron chi connectivity index (χ2n) is 6.53. The normalized spacial score (nSPS) is 16.9. The summed E-state index contributed by atoms with van der Waals surface area (Å²) in [6.45, 7) is 0.514. The zero-order chi connectivity index (χ0) is 15.9. The van der Waals surface area contributed by atoms with Crippen molar-refractivity contribution >= 4 is 5.91 Å². The van der Waals surface area contributed by atoms with Gasteiger partial charge in [-0.25, -0.2) is 4.39 Å². The SMILES string of the molecule is CN(C)C(CNC(=O)CCC1CCCC1)c1cccc(F)c1. The molecular weight excluding hydrogens is 279 g/mol. The summed E-state index contributed by atoms with van der Waals surface area (Å²) in [4.78, 5) is 14.0. The number of nitrogens with zero attached hydrogens (tertiary/aromatic N) is 1. The predicted molar refractivity (Wildman–Crippen MR) is 87.0 cm³/mol. The monoisotopic (exact) mass is 306 g/mol.